The maximum Gasteiger partial charge on any atom is 0.267 e. The van der Waals surface area contributed by atoms with Gasteiger partial charge in [0.15, 0.2) is 5.82 Å². The van der Waals surface area contributed by atoms with E-state index in [1.807, 2.05) is 23.7 Å². The zero-order valence-electron chi connectivity index (χ0n) is 15.0. The van der Waals surface area contributed by atoms with E-state index in [1.54, 1.807) is 14.2 Å². The van der Waals surface area contributed by atoms with Crippen LogP contribution in [0.5, 0.6) is 0 Å². The van der Waals surface area contributed by atoms with Crippen LogP contribution in [0.25, 0.3) is 0 Å². The van der Waals surface area contributed by atoms with Crippen molar-refractivity contribution in [1.82, 2.24) is 24.9 Å². The van der Waals surface area contributed by atoms with E-state index in [1.165, 1.54) is 6.42 Å². The Morgan fingerprint density at radius 3 is 3.04 bits per heavy atom. The average Bonchev–Trinajstić information content (AvgIpc) is 3.22. The van der Waals surface area contributed by atoms with Gasteiger partial charge in [0, 0.05) is 26.9 Å². The van der Waals surface area contributed by atoms with Gasteiger partial charge in [0.2, 0.25) is 5.89 Å². The highest BCUT2D eigenvalue weighted by Gasteiger charge is 2.28. The summed E-state index contributed by atoms with van der Waals surface area (Å²) in [5, 5.41) is 6.61. The first kappa shape index (κ1) is 17.6. The van der Waals surface area contributed by atoms with E-state index in [0.717, 1.165) is 25.1 Å². The predicted octanol–water partition coefficient (Wildman–Crippen LogP) is 1.64. The number of ether oxygens (including phenoxy) is 1. The molecule has 0 radical (unpaired) electrons. The monoisotopic (exact) mass is 347 g/mol. The van der Waals surface area contributed by atoms with Crippen LogP contribution in [0, 0.1) is 0 Å². The highest BCUT2D eigenvalue weighted by atomic mass is 16.5. The molecule has 25 heavy (non-hydrogen) atoms. The van der Waals surface area contributed by atoms with Crippen LogP contribution in [0.3, 0.4) is 0 Å². The summed E-state index contributed by atoms with van der Waals surface area (Å²) in [6.45, 7) is 1.91. The van der Waals surface area contributed by atoms with E-state index < -0.39 is 0 Å². The summed E-state index contributed by atoms with van der Waals surface area (Å²) in [5.74, 6) is 1.09. The number of carbonyl (C=O) groups excluding carboxylic acids is 1. The lowest BCUT2D eigenvalue weighted by Gasteiger charge is -2.35. The summed E-state index contributed by atoms with van der Waals surface area (Å²) in [6.07, 6.45) is 3.35. The molecule has 0 saturated carbocycles. The van der Waals surface area contributed by atoms with E-state index in [2.05, 4.69) is 20.4 Å². The van der Waals surface area contributed by atoms with E-state index >= 15 is 0 Å². The van der Waals surface area contributed by atoms with Crippen LogP contribution in [0.1, 0.15) is 53.2 Å². The molecule has 2 aromatic heterocycles. The number of aromatic nitrogens is 3. The van der Waals surface area contributed by atoms with Gasteiger partial charge in [-0.1, -0.05) is 11.6 Å². The van der Waals surface area contributed by atoms with E-state index in [0.29, 0.717) is 30.6 Å². The Labute approximate surface area is 147 Å². The molecule has 1 amide bonds. The lowest BCUT2D eigenvalue weighted by Crippen LogP contribution is -2.34. The summed E-state index contributed by atoms with van der Waals surface area (Å²) < 4.78 is 12.4. The van der Waals surface area contributed by atoms with Crippen LogP contribution in [0.2, 0.25) is 0 Å². The fraction of sp³-hybridized carbons (Fsp3) is 0.588. The summed E-state index contributed by atoms with van der Waals surface area (Å²) in [5.41, 5.74) is 1.80. The molecule has 1 unspecified atom stereocenters. The van der Waals surface area contributed by atoms with Crippen molar-refractivity contribution in [2.75, 3.05) is 20.7 Å². The Morgan fingerprint density at radius 2 is 2.28 bits per heavy atom. The first-order valence-electron chi connectivity index (χ1n) is 8.56. The van der Waals surface area contributed by atoms with Crippen LogP contribution >= 0.6 is 0 Å². The number of rotatable bonds is 6. The minimum atomic E-state index is -0.0720. The molecule has 0 bridgehead atoms. The Balaban J connectivity index is 1.79. The maximum absolute atomic E-state index is 12.0. The number of hydrogen-bond acceptors (Lipinski definition) is 6. The Morgan fingerprint density at radius 1 is 1.44 bits per heavy atom. The van der Waals surface area contributed by atoms with Crippen molar-refractivity contribution in [3.63, 3.8) is 0 Å². The smallest absolute Gasteiger partial charge is 0.267 e. The summed E-state index contributed by atoms with van der Waals surface area (Å²) >= 11 is 0. The van der Waals surface area contributed by atoms with Crippen LogP contribution in [-0.2, 0) is 24.9 Å². The molecule has 1 atom stereocenters. The SMILES string of the molecule is CNC(=O)c1ccc(C2CCCCN2Cc2nc(COC)no2)n1C. The molecule has 3 heterocycles. The zero-order valence-corrected chi connectivity index (χ0v) is 15.0. The second kappa shape index (κ2) is 7.79. The topological polar surface area (TPSA) is 85.4 Å². The number of likely N-dealkylation sites (tertiary alicyclic amines) is 1. The van der Waals surface area contributed by atoms with Gasteiger partial charge in [-0.05, 0) is 31.5 Å². The molecule has 0 aliphatic carbocycles. The van der Waals surface area contributed by atoms with Crippen molar-refractivity contribution in [2.24, 2.45) is 7.05 Å². The molecule has 3 rings (SSSR count). The summed E-state index contributed by atoms with van der Waals surface area (Å²) in [4.78, 5) is 18.7. The zero-order chi connectivity index (χ0) is 17.8. The van der Waals surface area contributed by atoms with Gasteiger partial charge in [-0.2, -0.15) is 4.98 Å². The first-order valence-corrected chi connectivity index (χ1v) is 8.56. The van der Waals surface area contributed by atoms with Crippen molar-refractivity contribution >= 4 is 5.91 Å². The largest absolute Gasteiger partial charge is 0.377 e. The normalized spacial score (nSPS) is 18.4. The van der Waals surface area contributed by atoms with Crippen LogP contribution in [0.15, 0.2) is 16.7 Å². The standard InChI is InChI=1S/C17H25N5O3/c1-18-17(23)14-8-7-12(21(14)2)13-6-4-5-9-22(13)10-16-19-15(11-24-3)20-25-16/h7-8,13H,4-6,9-11H2,1-3H3,(H,18,23). The van der Waals surface area contributed by atoms with Gasteiger partial charge >= 0.3 is 0 Å². The highest BCUT2D eigenvalue weighted by molar-refractivity contribution is 5.92. The number of piperidine rings is 1. The fourth-order valence-electron chi connectivity index (χ4n) is 3.45. The number of nitrogens with one attached hydrogen (secondary N) is 1. The number of amides is 1. The minimum Gasteiger partial charge on any atom is -0.377 e. The molecule has 8 heteroatoms. The number of methoxy groups -OCH3 is 1. The lowest BCUT2D eigenvalue weighted by molar-refractivity contribution is 0.0950. The molecule has 1 saturated heterocycles. The third-order valence-electron chi connectivity index (χ3n) is 4.70. The van der Waals surface area contributed by atoms with E-state index in [4.69, 9.17) is 9.26 Å². The van der Waals surface area contributed by atoms with Gasteiger partial charge in [0.1, 0.15) is 12.3 Å². The molecule has 1 N–H and O–H groups in total. The van der Waals surface area contributed by atoms with Gasteiger partial charge in [0.05, 0.1) is 12.6 Å². The lowest BCUT2D eigenvalue weighted by atomic mass is 9.99. The summed E-state index contributed by atoms with van der Waals surface area (Å²) in [6, 6.07) is 4.15. The quantitative estimate of drug-likeness (QED) is 0.855. The maximum atomic E-state index is 12.0. The molecular formula is C17H25N5O3. The predicted molar refractivity (Wildman–Crippen MR) is 90.8 cm³/mol. The molecular weight excluding hydrogens is 322 g/mol. The van der Waals surface area contributed by atoms with Crippen molar-refractivity contribution in [3.05, 3.63) is 35.2 Å². The Kier molecular flexibility index (Phi) is 5.50. The van der Waals surface area contributed by atoms with E-state index in [-0.39, 0.29) is 11.9 Å². The van der Waals surface area contributed by atoms with Crippen molar-refractivity contribution in [2.45, 2.75) is 38.5 Å². The Hall–Kier alpha value is -2.19. The number of carbonyl (C=O) groups is 1. The number of hydrogen-bond donors (Lipinski definition) is 1. The highest BCUT2D eigenvalue weighted by Crippen LogP contribution is 2.32. The van der Waals surface area contributed by atoms with Gasteiger partial charge in [0.25, 0.3) is 5.91 Å². The van der Waals surface area contributed by atoms with Crippen LogP contribution in [-0.4, -0.2) is 46.2 Å². The number of nitrogens with zero attached hydrogens (tertiary/aromatic N) is 4. The molecule has 1 aliphatic rings. The Bertz CT molecular complexity index is 724. The minimum absolute atomic E-state index is 0.0720. The van der Waals surface area contributed by atoms with Gasteiger partial charge in [-0.3, -0.25) is 9.69 Å². The molecule has 1 aliphatic heterocycles. The van der Waals surface area contributed by atoms with E-state index in [9.17, 15) is 4.79 Å². The van der Waals surface area contributed by atoms with Crippen LogP contribution in [0.4, 0.5) is 0 Å². The third kappa shape index (κ3) is 3.74. The molecule has 1 fully saturated rings. The van der Waals surface area contributed by atoms with Gasteiger partial charge < -0.3 is 19.1 Å². The molecule has 2 aromatic rings. The molecule has 136 valence electrons. The van der Waals surface area contributed by atoms with Crippen molar-refractivity contribution in [1.29, 1.82) is 0 Å². The first-order chi connectivity index (χ1) is 12.1. The second-order valence-corrected chi connectivity index (χ2v) is 6.30. The average molecular weight is 347 g/mol. The van der Waals surface area contributed by atoms with Crippen molar-refractivity contribution in [3.8, 4) is 0 Å². The summed E-state index contributed by atoms with van der Waals surface area (Å²) in [7, 11) is 5.20. The molecule has 8 nitrogen and oxygen atoms in total. The molecule has 0 spiro atoms. The fourth-order valence-corrected chi connectivity index (χ4v) is 3.45. The molecule has 0 aromatic carbocycles. The second-order valence-electron chi connectivity index (χ2n) is 6.30. The van der Waals surface area contributed by atoms with Crippen LogP contribution < -0.4 is 5.32 Å². The van der Waals surface area contributed by atoms with Crippen molar-refractivity contribution < 1.29 is 14.1 Å². The third-order valence-corrected chi connectivity index (χ3v) is 4.70. The van der Waals surface area contributed by atoms with Gasteiger partial charge in [-0.25, -0.2) is 0 Å². The van der Waals surface area contributed by atoms with Gasteiger partial charge in [-0.15, -0.1) is 0 Å².